The molecule has 4 nitrogen and oxygen atoms in total. The van der Waals surface area contributed by atoms with E-state index in [2.05, 4.69) is 21.0 Å². The molecule has 0 aliphatic carbocycles. The fourth-order valence-electron chi connectivity index (χ4n) is 2.65. The van der Waals surface area contributed by atoms with E-state index in [-0.39, 0.29) is 5.56 Å². The van der Waals surface area contributed by atoms with Crippen LogP contribution in [0.25, 0.3) is 16.9 Å². The predicted molar refractivity (Wildman–Crippen MR) is 101 cm³/mol. The van der Waals surface area contributed by atoms with Gasteiger partial charge in [-0.3, -0.25) is 9.00 Å². The summed E-state index contributed by atoms with van der Waals surface area (Å²) < 4.78 is 15.5. The molecule has 0 saturated heterocycles. The number of nitrogens with zero attached hydrogens (tertiary/aromatic N) is 2. The summed E-state index contributed by atoms with van der Waals surface area (Å²) in [5.41, 5.74) is 2.82. The maximum Gasteiger partial charge on any atom is 0.271 e. The molecule has 24 heavy (non-hydrogen) atoms. The quantitative estimate of drug-likeness (QED) is 0.573. The van der Waals surface area contributed by atoms with Gasteiger partial charge in [0, 0.05) is 22.4 Å². The van der Waals surface area contributed by atoms with Crippen LogP contribution in [0.2, 0.25) is 5.02 Å². The van der Waals surface area contributed by atoms with Crippen LogP contribution < -0.4 is 5.56 Å². The lowest BCUT2D eigenvalue weighted by Crippen LogP contribution is -2.22. The van der Waals surface area contributed by atoms with Crippen LogP contribution in [-0.4, -0.2) is 19.7 Å². The van der Waals surface area contributed by atoms with Crippen molar-refractivity contribution in [1.82, 2.24) is 9.78 Å². The van der Waals surface area contributed by atoms with Gasteiger partial charge in [0.15, 0.2) is 0 Å². The second kappa shape index (κ2) is 6.22. The molecule has 0 spiro atoms. The summed E-state index contributed by atoms with van der Waals surface area (Å²) in [5.74, 6) is 0.499. The summed E-state index contributed by atoms with van der Waals surface area (Å²) in [6.45, 7) is 0. The summed E-state index contributed by atoms with van der Waals surface area (Å²) in [6, 6.07) is 10.5. The minimum absolute atomic E-state index is 0.209. The van der Waals surface area contributed by atoms with Crippen molar-refractivity contribution < 1.29 is 4.21 Å². The van der Waals surface area contributed by atoms with E-state index in [9.17, 15) is 9.00 Å². The van der Waals surface area contributed by atoms with Gasteiger partial charge in [-0.05, 0) is 58.2 Å². The zero-order chi connectivity index (χ0) is 16.8. The van der Waals surface area contributed by atoms with E-state index in [4.69, 9.17) is 11.6 Å². The minimum Gasteiger partial charge on any atom is -0.267 e. The Morgan fingerprint density at radius 2 is 2.00 bits per heavy atom. The van der Waals surface area contributed by atoms with Gasteiger partial charge >= 0.3 is 0 Å². The van der Waals surface area contributed by atoms with Crippen LogP contribution >= 0.6 is 38.9 Å². The normalized spacial score (nSPS) is 16.3. The van der Waals surface area contributed by atoms with Crippen LogP contribution in [0.5, 0.6) is 0 Å². The topological polar surface area (TPSA) is 52.0 Å². The van der Waals surface area contributed by atoms with Crippen molar-refractivity contribution in [1.29, 1.82) is 0 Å². The summed E-state index contributed by atoms with van der Waals surface area (Å²) in [5, 5.41) is 5.17. The Labute approximate surface area is 157 Å². The smallest absolute Gasteiger partial charge is 0.267 e. The molecule has 8 heteroatoms. The zero-order valence-electron chi connectivity index (χ0n) is 12.2. The van der Waals surface area contributed by atoms with Crippen LogP contribution in [0, 0.1) is 0 Å². The van der Waals surface area contributed by atoms with E-state index in [1.165, 1.54) is 16.0 Å². The molecule has 0 fully saturated rings. The average molecular weight is 442 g/mol. The number of benzene rings is 1. The van der Waals surface area contributed by atoms with Crippen LogP contribution in [-0.2, 0) is 17.2 Å². The number of aromatic nitrogens is 2. The first-order chi connectivity index (χ1) is 11.5. The van der Waals surface area contributed by atoms with E-state index in [0.717, 1.165) is 19.1 Å². The fourth-order valence-corrected chi connectivity index (χ4v) is 6.32. The van der Waals surface area contributed by atoms with Gasteiger partial charge in [0.1, 0.15) is 4.21 Å². The first kappa shape index (κ1) is 16.2. The molecule has 4 rings (SSSR count). The molecule has 1 aliphatic rings. The first-order valence-electron chi connectivity index (χ1n) is 7.10. The van der Waals surface area contributed by atoms with Gasteiger partial charge in [-0.1, -0.05) is 11.6 Å². The van der Waals surface area contributed by atoms with Crippen molar-refractivity contribution in [2.24, 2.45) is 0 Å². The van der Waals surface area contributed by atoms with E-state index >= 15 is 0 Å². The SMILES string of the molecule is O=c1cc2c(nn1-c1ccc(Cl)cc1)-c1cc(Br)sc1S(=O)CC2. The van der Waals surface area contributed by atoms with Crippen LogP contribution in [0.3, 0.4) is 0 Å². The highest BCUT2D eigenvalue weighted by Crippen LogP contribution is 2.39. The highest BCUT2D eigenvalue weighted by molar-refractivity contribution is 9.11. The highest BCUT2D eigenvalue weighted by Gasteiger charge is 2.24. The lowest BCUT2D eigenvalue weighted by atomic mass is 10.1. The van der Waals surface area contributed by atoms with E-state index < -0.39 is 10.8 Å². The van der Waals surface area contributed by atoms with E-state index in [0.29, 0.717) is 28.6 Å². The summed E-state index contributed by atoms with van der Waals surface area (Å²) in [7, 11) is -1.08. The third-order valence-corrected chi connectivity index (χ3v) is 7.47. The number of rotatable bonds is 1. The molecule has 1 unspecified atom stereocenters. The zero-order valence-corrected chi connectivity index (χ0v) is 16.1. The Morgan fingerprint density at radius 1 is 1.25 bits per heavy atom. The number of hydrogen-bond acceptors (Lipinski definition) is 4. The number of hydrogen-bond donors (Lipinski definition) is 0. The molecule has 122 valence electrons. The van der Waals surface area contributed by atoms with Crippen LogP contribution in [0.15, 0.2) is 49.2 Å². The Balaban J connectivity index is 1.97. The van der Waals surface area contributed by atoms with Gasteiger partial charge in [0.25, 0.3) is 5.56 Å². The standard InChI is InChI=1S/C16H10BrClN2O2S2/c17-13-8-12-15-9(5-6-24(22)16(12)23-13)7-14(21)20(19-15)11-3-1-10(18)2-4-11/h1-4,7-8H,5-6H2. The number of thiophene rings is 1. The van der Waals surface area contributed by atoms with Gasteiger partial charge in [-0.15, -0.1) is 11.3 Å². The average Bonchev–Trinajstić information content (AvgIpc) is 2.90. The molecule has 0 N–H and O–H groups in total. The lowest BCUT2D eigenvalue weighted by molar-refractivity contribution is 0.684. The molecule has 0 amide bonds. The highest BCUT2D eigenvalue weighted by atomic mass is 79.9. The molecule has 2 aromatic heterocycles. The molecular formula is C16H10BrClN2O2S2. The second-order valence-electron chi connectivity index (χ2n) is 5.30. The van der Waals surface area contributed by atoms with Crippen molar-refractivity contribution >= 4 is 49.7 Å². The minimum atomic E-state index is -1.08. The van der Waals surface area contributed by atoms with E-state index in [1.807, 2.05) is 6.07 Å². The molecule has 0 radical (unpaired) electrons. The Hall–Kier alpha value is -1.28. The van der Waals surface area contributed by atoms with Crippen molar-refractivity contribution in [2.75, 3.05) is 5.75 Å². The molecular weight excluding hydrogens is 432 g/mol. The Kier molecular flexibility index (Phi) is 4.20. The third kappa shape index (κ3) is 2.79. The maximum absolute atomic E-state index is 12.5. The predicted octanol–water partition coefficient (Wildman–Crippen LogP) is 4.04. The fraction of sp³-hybridized carbons (Fsp3) is 0.125. The molecule has 3 heterocycles. The number of aryl methyl sites for hydroxylation is 1. The number of halogens is 2. The monoisotopic (exact) mass is 440 g/mol. The first-order valence-corrected chi connectivity index (χ1v) is 10.4. The molecule has 0 bridgehead atoms. The molecule has 1 atom stereocenters. The largest absolute Gasteiger partial charge is 0.271 e. The van der Waals surface area contributed by atoms with Crippen LogP contribution in [0.4, 0.5) is 0 Å². The van der Waals surface area contributed by atoms with Crippen LogP contribution in [0.1, 0.15) is 5.56 Å². The summed E-state index contributed by atoms with van der Waals surface area (Å²) in [4.78, 5) is 12.5. The van der Waals surface area contributed by atoms with Gasteiger partial charge in [-0.25, -0.2) is 0 Å². The van der Waals surface area contributed by atoms with Crippen molar-refractivity contribution in [3.8, 4) is 16.9 Å². The Bertz CT molecular complexity index is 1030. The molecule has 3 aromatic rings. The van der Waals surface area contributed by atoms with E-state index in [1.54, 1.807) is 30.3 Å². The second-order valence-corrected chi connectivity index (χ2v) is 9.93. The number of fused-ring (bicyclic) bond motifs is 3. The van der Waals surface area contributed by atoms with Gasteiger partial charge < -0.3 is 0 Å². The van der Waals surface area contributed by atoms with Gasteiger partial charge in [0.05, 0.1) is 26.0 Å². The van der Waals surface area contributed by atoms with Gasteiger partial charge in [-0.2, -0.15) is 9.78 Å². The van der Waals surface area contributed by atoms with Crippen molar-refractivity contribution in [3.63, 3.8) is 0 Å². The van der Waals surface area contributed by atoms with Crippen molar-refractivity contribution in [2.45, 2.75) is 10.6 Å². The third-order valence-electron chi connectivity index (χ3n) is 3.77. The maximum atomic E-state index is 12.5. The summed E-state index contributed by atoms with van der Waals surface area (Å²) in [6.07, 6.45) is 0.574. The van der Waals surface area contributed by atoms with Crippen molar-refractivity contribution in [3.05, 3.63) is 61.1 Å². The molecule has 1 aliphatic heterocycles. The summed E-state index contributed by atoms with van der Waals surface area (Å²) >= 11 is 10.8. The molecule has 0 saturated carbocycles. The lowest BCUT2D eigenvalue weighted by Gasteiger charge is -2.10. The van der Waals surface area contributed by atoms with Gasteiger partial charge in [0.2, 0.25) is 0 Å². The Morgan fingerprint density at radius 3 is 2.75 bits per heavy atom. The molecule has 1 aromatic carbocycles.